The Morgan fingerprint density at radius 1 is 0.807 bits per heavy atom. The number of unbranched alkanes of at least 4 members (excludes halogenated alkanes) is 8. The van der Waals surface area contributed by atoms with E-state index in [1.807, 2.05) is 37.4 Å². The Kier molecular flexibility index (Phi) is 26.1. The molecule has 0 spiro atoms. The Morgan fingerprint density at radius 3 is 2.24 bits per heavy atom. The van der Waals surface area contributed by atoms with E-state index in [0.29, 0.717) is 59.0 Å². The lowest BCUT2D eigenvalue weighted by molar-refractivity contribution is -0.162. The highest BCUT2D eigenvalue weighted by Gasteiger charge is 2.60. The van der Waals surface area contributed by atoms with E-state index in [-0.39, 0.29) is 23.5 Å². The number of allylic oxidation sites excluding steroid dienone is 1. The number of aliphatic hydroxyl groups is 1. The molecule has 2 aromatic carbocycles. The number of H-pyrrole nitrogens is 1. The first-order chi connectivity index (χ1) is 40.5. The van der Waals surface area contributed by atoms with Gasteiger partial charge in [-0.25, -0.2) is 14.5 Å². The highest BCUT2D eigenvalue weighted by atomic mass is 35.5. The van der Waals surface area contributed by atoms with Crippen LogP contribution >= 0.6 is 23.2 Å². The van der Waals surface area contributed by atoms with Crippen molar-refractivity contribution >= 4 is 45.4 Å². The number of anilines is 1. The SMILES string of the molecule is C1=COCCC1.ClCCCCCCOC1CCCCO1.Cn1ncnc1C1c2n[nH]c(=O)c3cc(F)cc(c23)N[C@@H]1c1ccc(CC(=O)CCCCCO[C@@H]2CC[C@H]3[C@@H]4CC[C@H]5CCCC[C@]5(C)[C@H]4CC[C@]23C)cc1.OCCCCCCCl. The number of nitrogens with zero attached hydrogens (tertiary/aromatic N) is 4. The maximum atomic E-state index is 14.7. The largest absolute Gasteiger partial charge is 0.502 e. The molecule has 2 aromatic heterocycles. The fourth-order valence-electron chi connectivity index (χ4n) is 15.3. The number of fused-ring (bicyclic) bond motifs is 5. The molecule has 0 amide bonds. The number of aromatic amines is 1. The minimum atomic E-state index is -0.501. The molecule has 1 saturated heterocycles. The lowest BCUT2D eigenvalue weighted by atomic mass is 9.45. The molecular weight excluding hydrogens is 1090 g/mol. The summed E-state index contributed by atoms with van der Waals surface area (Å²) in [6, 6.07) is 10.3. The predicted molar refractivity (Wildman–Crippen MR) is 331 cm³/mol. The van der Waals surface area contributed by atoms with Crippen LogP contribution in [0, 0.1) is 40.3 Å². The number of benzene rings is 2. The van der Waals surface area contributed by atoms with Crippen LogP contribution in [-0.4, -0.2) is 93.0 Å². The summed E-state index contributed by atoms with van der Waals surface area (Å²) in [6.07, 6.45) is 38.6. The maximum absolute atomic E-state index is 14.7. The number of alkyl halides is 2. The summed E-state index contributed by atoms with van der Waals surface area (Å²) in [5.41, 5.74) is 3.49. The van der Waals surface area contributed by atoms with Crippen molar-refractivity contribution in [3.63, 3.8) is 0 Å². The van der Waals surface area contributed by atoms with Crippen LogP contribution in [0.3, 0.4) is 0 Å². The third-order valence-electron chi connectivity index (χ3n) is 19.8. The predicted octanol–water partition coefficient (Wildman–Crippen LogP) is 15.4. The zero-order valence-electron chi connectivity index (χ0n) is 50.4. The molecule has 5 heterocycles. The van der Waals surface area contributed by atoms with Crippen LogP contribution in [-0.2, 0) is 37.2 Å². The van der Waals surface area contributed by atoms with Crippen molar-refractivity contribution in [3.05, 3.63) is 93.9 Å². The second-order valence-corrected chi connectivity index (χ2v) is 26.0. The van der Waals surface area contributed by atoms with Gasteiger partial charge in [0, 0.05) is 69.2 Å². The fraction of sp³-hybridized carbons (Fsp3) is 0.716. The molecule has 460 valence electrons. The van der Waals surface area contributed by atoms with E-state index in [0.717, 1.165) is 137 Å². The molecule has 83 heavy (non-hydrogen) atoms. The summed E-state index contributed by atoms with van der Waals surface area (Å²) < 4.78 is 39.0. The normalized spacial score (nSPS) is 27.7. The first kappa shape index (κ1) is 65.1. The van der Waals surface area contributed by atoms with Gasteiger partial charge in [0.05, 0.1) is 42.0 Å². The highest BCUT2D eigenvalue weighted by molar-refractivity contribution is 6.18. The molecule has 11 rings (SSSR count). The number of hydrogen-bond acceptors (Lipinski definition) is 11. The Bertz CT molecular complexity index is 2650. The Balaban J connectivity index is 0.000000262. The number of rotatable bonds is 23. The zero-order valence-corrected chi connectivity index (χ0v) is 51.9. The maximum Gasteiger partial charge on any atom is 0.272 e. The average molecular weight is 1190 g/mol. The number of ether oxygens (including phenoxy) is 4. The number of halogens is 3. The third kappa shape index (κ3) is 17.4. The molecule has 0 bridgehead atoms. The monoisotopic (exact) mass is 1190 g/mol. The van der Waals surface area contributed by atoms with E-state index in [9.17, 15) is 14.0 Å². The van der Waals surface area contributed by atoms with E-state index in [1.165, 1.54) is 121 Å². The van der Waals surface area contributed by atoms with Crippen molar-refractivity contribution in [2.24, 2.45) is 41.5 Å². The van der Waals surface area contributed by atoms with Crippen LogP contribution in [0.1, 0.15) is 222 Å². The van der Waals surface area contributed by atoms with E-state index in [1.54, 1.807) is 10.9 Å². The minimum absolute atomic E-state index is 0.0803. The molecule has 4 aliphatic carbocycles. The van der Waals surface area contributed by atoms with Crippen molar-refractivity contribution in [2.45, 2.75) is 218 Å². The lowest BCUT2D eigenvalue weighted by Crippen LogP contribution is -2.53. The van der Waals surface area contributed by atoms with E-state index in [4.69, 9.17) is 47.3 Å². The summed E-state index contributed by atoms with van der Waals surface area (Å²) in [5.74, 6) is 5.19. The number of aromatic nitrogens is 5. The van der Waals surface area contributed by atoms with Crippen LogP contribution in [0.4, 0.5) is 10.1 Å². The van der Waals surface area contributed by atoms with E-state index in [2.05, 4.69) is 39.4 Å². The molecule has 10 atom stereocenters. The van der Waals surface area contributed by atoms with E-state index >= 15 is 0 Å². The molecule has 3 N–H and O–H groups in total. The molecule has 7 aliphatic rings. The molecule has 13 nitrogen and oxygen atoms in total. The number of carbonyl (C=O) groups excluding carboxylic acids is 1. The molecule has 4 aromatic rings. The Labute approximate surface area is 504 Å². The number of Topliss-reactive ketones (excluding diaryl/α,β-unsaturated/α-hetero) is 1. The van der Waals surface area contributed by atoms with Crippen molar-refractivity contribution in [1.82, 2.24) is 25.0 Å². The topological polar surface area (TPSA) is 163 Å². The van der Waals surface area contributed by atoms with Crippen LogP contribution in [0.5, 0.6) is 0 Å². The second-order valence-electron chi connectivity index (χ2n) is 25.3. The number of carbonyl (C=O) groups is 1. The summed E-state index contributed by atoms with van der Waals surface area (Å²) in [4.78, 5) is 30.2. The van der Waals surface area contributed by atoms with Crippen molar-refractivity contribution in [3.8, 4) is 0 Å². The molecule has 5 fully saturated rings. The van der Waals surface area contributed by atoms with E-state index < -0.39 is 17.3 Å². The van der Waals surface area contributed by atoms with Gasteiger partial charge in [-0.2, -0.15) is 10.2 Å². The zero-order chi connectivity index (χ0) is 58.4. The van der Waals surface area contributed by atoms with Gasteiger partial charge in [0.1, 0.15) is 23.8 Å². The number of nitrogens with one attached hydrogen (secondary N) is 2. The molecule has 0 radical (unpaired) electrons. The molecule has 3 aliphatic heterocycles. The highest BCUT2D eigenvalue weighted by Crippen LogP contribution is 2.66. The number of hydrogen-bond donors (Lipinski definition) is 3. The molecule has 4 saturated carbocycles. The second kappa shape index (κ2) is 33.3. The first-order valence-corrected chi connectivity index (χ1v) is 33.3. The van der Waals surface area contributed by atoms with Crippen LogP contribution < -0.4 is 10.9 Å². The number of aryl methyl sites for hydroxylation is 1. The molecule has 16 heteroatoms. The van der Waals surface area contributed by atoms with Gasteiger partial charge >= 0.3 is 0 Å². The average Bonchev–Trinajstić information content (AvgIpc) is 3.25. The van der Waals surface area contributed by atoms with Gasteiger partial charge in [0.2, 0.25) is 0 Å². The first-order valence-electron chi connectivity index (χ1n) is 32.3. The minimum Gasteiger partial charge on any atom is -0.502 e. The summed E-state index contributed by atoms with van der Waals surface area (Å²) >= 11 is 11.0. The Hall–Kier alpha value is -3.92. The van der Waals surface area contributed by atoms with Crippen molar-refractivity contribution in [2.75, 3.05) is 50.1 Å². The van der Waals surface area contributed by atoms with Crippen LogP contribution in [0.25, 0.3) is 10.8 Å². The summed E-state index contributed by atoms with van der Waals surface area (Å²) in [7, 11) is 1.82. The van der Waals surface area contributed by atoms with Gasteiger partial charge in [-0.05, 0) is 186 Å². The van der Waals surface area contributed by atoms with Gasteiger partial charge in [-0.3, -0.25) is 14.3 Å². The van der Waals surface area contributed by atoms with Crippen molar-refractivity contribution in [1.29, 1.82) is 0 Å². The van der Waals surface area contributed by atoms with Crippen LogP contribution in [0.15, 0.2) is 59.9 Å². The quantitative estimate of drug-likeness (QED) is 0.0479. The number of ketones is 1. The van der Waals surface area contributed by atoms with Gasteiger partial charge in [-0.1, -0.05) is 83.1 Å². The van der Waals surface area contributed by atoms with Crippen molar-refractivity contribution < 1.29 is 33.2 Å². The fourth-order valence-corrected chi connectivity index (χ4v) is 15.7. The molecular formula is C67H99Cl2FN6O7. The van der Waals surface area contributed by atoms with Crippen LogP contribution in [0.2, 0.25) is 0 Å². The third-order valence-corrected chi connectivity index (χ3v) is 20.4. The van der Waals surface area contributed by atoms with Gasteiger partial charge in [-0.15, -0.1) is 23.2 Å². The summed E-state index contributed by atoms with van der Waals surface area (Å²) in [6.45, 7) is 8.98. The van der Waals surface area contributed by atoms with Gasteiger partial charge in [0.15, 0.2) is 6.29 Å². The smallest absolute Gasteiger partial charge is 0.272 e. The lowest BCUT2D eigenvalue weighted by Gasteiger charge is -2.60. The molecule has 2 unspecified atom stereocenters. The summed E-state index contributed by atoms with van der Waals surface area (Å²) in [5, 5.41) is 23.9. The van der Waals surface area contributed by atoms with Gasteiger partial charge in [0.25, 0.3) is 5.56 Å². The van der Waals surface area contributed by atoms with Gasteiger partial charge < -0.3 is 29.4 Å². The Morgan fingerprint density at radius 2 is 1.55 bits per heavy atom. The standard InChI is InChI=1S/C45H57FN6O3.C11H21ClO2.C6H13ClO.C5H8O/c1-44-20-7-6-9-29(44)15-16-32-34-17-18-37(45(34,2)21-19-35(32)44)55-22-8-4-5-10-31(53)23-27-11-13-28(14-12-27)40-39(42-47-26-48-52(42)3)41-38-33(43(54)51-50-41)24-30(46)25-36(38)49-40;12-8-4-1-2-5-9-13-11-7-3-6-10-14-11;7-5-3-1-2-4-6-8;1-2-4-6-5-3-1/h11-14,24-26,29,32,34-35,37,39-40,49H,4-10,15-23H2,1-3H3,(H,51,54);11H,1-10H2;8H,1-6H2;2,4H,1,3,5H2/t29-,32+,34+,35+,37-,39?,40-,44+,45+;;;/m1.../s1. The number of aliphatic hydroxyl groups excluding tert-OH is 1.